The highest BCUT2D eigenvalue weighted by molar-refractivity contribution is 5.68. The van der Waals surface area contributed by atoms with Gasteiger partial charge in [-0.15, -0.1) is 5.10 Å². The maximum Gasteiger partial charge on any atom is 0.410 e. The number of rotatable bonds is 3. The van der Waals surface area contributed by atoms with E-state index in [0.717, 1.165) is 31.7 Å². The first-order valence-electron chi connectivity index (χ1n) is 12.4. The third kappa shape index (κ3) is 4.71. The molecule has 7 nitrogen and oxygen atoms in total. The molecular formula is C25H32F3N5O2. The third-order valence-electron chi connectivity index (χ3n) is 7.35. The van der Waals surface area contributed by atoms with Crippen LogP contribution in [0.25, 0.3) is 0 Å². The lowest BCUT2D eigenvalue weighted by atomic mass is 9.92. The highest BCUT2D eigenvalue weighted by Crippen LogP contribution is 2.40. The van der Waals surface area contributed by atoms with Gasteiger partial charge >= 0.3 is 6.09 Å². The molecule has 35 heavy (non-hydrogen) atoms. The molecule has 3 heterocycles. The van der Waals surface area contributed by atoms with Crippen molar-refractivity contribution in [3.63, 3.8) is 0 Å². The third-order valence-corrected chi connectivity index (χ3v) is 7.35. The minimum absolute atomic E-state index is 0.108. The Balaban J connectivity index is 1.34. The number of carbonyl (C=O) groups is 1. The lowest BCUT2D eigenvalue weighted by Crippen LogP contribution is -2.51. The van der Waals surface area contributed by atoms with E-state index in [9.17, 15) is 18.0 Å². The van der Waals surface area contributed by atoms with Gasteiger partial charge in [-0.05, 0) is 64.4 Å². The normalized spacial score (nSPS) is 26.3. The smallest absolute Gasteiger partial charge is 0.410 e. The highest BCUT2D eigenvalue weighted by atomic mass is 19.2. The lowest BCUT2D eigenvalue weighted by molar-refractivity contribution is 0.0141. The molecule has 1 saturated carbocycles. The molecule has 1 saturated heterocycles. The first-order chi connectivity index (χ1) is 16.6. The second-order valence-electron chi connectivity index (χ2n) is 11.0. The molecule has 10 heteroatoms. The maximum absolute atomic E-state index is 14.6. The Morgan fingerprint density at radius 3 is 2.46 bits per heavy atom. The Morgan fingerprint density at radius 1 is 1.06 bits per heavy atom. The lowest BCUT2D eigenvalue weighted by Gasteiger charge is -2.38. The molecule has 0 spiro atoms. The second-order valence-corrected chi connectivity index (χ2v) is 11.0. The predicted molar refractivity (Wildman–Crippen MR) is 123 cm³/mol. The number of anilines is 1. The number of likely N-dealkylation sites (tertiary alicyclic amines) is 1. The van der Waals surface area contributed by atoms with Gasteiger partial charge in [-0.1, -0.05) is 12.5 Å². The summed E-state index contributed by atoms with van der Waals surface area (Å²) in [5.74, 6) is -2.78. The minimum atomic E-state index is -1.45. The molecule has 190 valence electrons. The molecule has 2 fully saturated rings. The fraction of sp³-hybridized carbons (Fsp3) is 0.640. The number of aromatic nitrogens is 3. The quantitative estimate of drug-likeness (QED) is 0.607. The molecule has 1 N–H and O–H groups in total. The number of amides is 1. The Hall–Kier alpha value is -2.78. The van der Waals surface area contributed by atoms with Gasteiger partial charge in [0.1, 0.15) is 11.4 Å². The van der Waals surface area contributed by atoms with Crippen LogP contribution in [0.3, 0.4) is 0 Å². The van der Waals surface area contributed by atoms with Crippen LogP contribution < -0.4 is 5.32 Å². The number of hydrogen-bond acceptors (Lipinski definition) is 5. The number of nitrogens with one attached hydrogen (secondary N) is 1. The maximum atomic E-state index is 14.6. The van der Waals surface area contributed by atoms with E-state index < -0.39 is 29.0 Å². The van der Waals surface area contributed by atoms with Crippen LogP contribution in [0.15, 0.2) is 12.1 Å². The van der Waals surface area contributed by atoms with E-state index >= 15 is 0 Å². The molecule has 3 aliphatic rings. The Kier molecular flexibility index (Phi) is 6.17. The van der Waals surface area contributed by atoms with Crippen LogP contribution in [-0.4, -0.2) is 50.5 Å². The van der Waals surface area contributed by atoms with E-state index in [1.807, 2.05) is 20.8 Å². The molecule has 4 atom stereocenters. The number of fused-ring (bicyclic) bond motifs is 3. The van der Waals surface area contributed by atoms with Crippen molar-refractivity contribution >= 4 is 12.0 Å². The summed E-state index contributed by atoms with van der Waals surface area (Å²) in [7, 11) is 0. The number of benzene rings is 1. The number of aryl methyl sites for hydroxylation is 1. The summed E-state index contributed by atoms with van der Waals surface area (Å²) in [5, 5.41) is 8.13. The zero-order valence-electron chi connectivity index (χ0n) is 20.4. The standard InChI is InChI=1S/C25H32F3N5O2/c1-25(2,3)35-24(34)32-12-14-7-8-15(13-32)21(14)29-23-30-22-17(6-4-5-11-33(22)31-23)16-9-10-18(26)20(28)19(16)27/h9-10,14-15,17,21H,4-8,11-13H2,1-3H3,(H,29,31)/t14-,15+,17?,21-. The van der Waals surface area contributed by atoms with E-state index in [-0.39, 0.29) is 29.5 Å². The first kappa shape index (κ1) is 23.9. The summed E-state index contributed by atoms with van der Waals surface area (Å²) in [6.07, 6.45) is 3.95. The fourth-order valence-electron chi connectivity index (χ4n) is 5.76. The number of ether oxygens (including phenoxy) is 1. The van der Waals surface area contributed by atoms with Gasteiger partial charge in [0.2, 0.25) is 5.95 Å². The summed E-state index contributed by atoms with van der Waals surface area (Å²) in [4.78, 5) is 19.1. The summed E-state index contributed by atoms with van der Waals surface area (Å²) in [6, 6.07) is 2.40. The largest absolute Gasteiger partial charge is 0.444 e. The predicted octanol–water partition coefficient (Wildman–Crippen LogP) is 5.07. The number of halogens is 3. The first-order valence-corrected chi connectivity index (χ1v) is 12.4. The summed E-state index contributed by atoms with van der Waals surface area (Å²) in [5.41, 5.74) is -0.427. The van der Waals surface area contributed by atoms with E-state index in [4.69, 9.17) is 9.72 Å². The number of hydrogen-bond donors (Lipinski definition) is 1. The molecule has 5 rings (SSSR count). The van der Waals surface area contributed by atoms with Crippen molar-refractivity contribution in [1.82, 2.24) is 19.7 Å². The Bertz CT molecular complexity index is 1100. The number of nitrogens with zero attached hydrogens (tertiary/aromatic N) is 4. The highest BCUT2D eigenvalue weighted by Gasteiger charge is 2.45. The van der Waals surface area contributed by atoms with E-state index in [1.165, 1.54) is 6.07 Å². The average Bonchev–Trinajstić information content (AvgIpc) is 3.19. The molecule has 1 unspecified atom stereocenters. The molecule has 1 aromatic carbocycles. The number of piperidine rings is 1. The minimum Gasteiger partial charge on any atom is -0.444 e. The van der Waals surface area contributed by atoms with Crippen molar-refractivity contribution in [1.29, 1.82) is 0 Å². The van der Waals surface area contributed by atoms with Gasteiger partial charge in [-0.3, -0.25) is 0 Å². The number of carbonyl (C=O) groups excluding carboxylic acids is 1. The van der Waals surface area contributed by atoms with Gasteiger partial charge in [0.25, 0.3) is 0 Å². The monoisotopic (exact) mass is 491 g/mol. The molecule has 0 radical (unpaired) electrons. The van der Waals surface area contributed by atoms with E-state index in [0.29, 0.717) is 37.8 Å². The van der Waals surface area contributed by atoms with Crippen molar-refractivity contribution in [3.8, 4) is 0 Å². The van der Waals surface area contributed by atoms with Crippen LogP contribution in [0.2, 0.25) is 0 Å². The van der Waals surface area contributed by atoms with Crippen molar-refractivity contribution < 1.29 is 22.7 Å². The average molecular weight is 492 g/mol. The van der Waals surface area contributed by atoms with Crippen LogP contribution in [0.5, 0.6) is 0 Å². The van der Waals surface area contributed by atoms with Gasteiger partial charge in [-0.25, -0.2) is 22.6 Å². The van der Waals surface area contributed by atoms with Crippen LogP contribution >= 0.6 is 0 Å². The van der Waals surface area contributed by atoms with E-state index in [2.05, 4.69) is 10.4 Å². The van der Waals surface area contributed by atoms with Crippen LogP contribution in [0.1, 0.15) is 70.2 Å². The zero-order valence-corrected chi connectivity index (χ0v) is 20.4. The fourth-order valence-corrected chi connectivity index (χ4v) is 5.76. The van der Waals surface area contributed by atoms with E-state index in [1.54, 1.807) is 9.58 Å². The van der Waals surface area contributed by atoms with Gasteiger partial charge in [0.15, 0.2) is 17.5 Å². The molecule has 1 aliphatic carbocycles. The van der Waals surface area contributed by atoms with Gasteiger partial charge in [0, 0.05) is 37.2 Å². The summed E-state index contributed by atoms with van der Waals surface area (Å²) >= 11 is 0. The SMILES string of the molecule is CC(C)(C)OC(=O)N1C[C@H]2CC[C@@H](C1)[C@@H]2Nc1nc2n(n1)CCCCC2c1ccc(F)c(F)c1F. The molecule has 2 aromatic rings. The molecule has 1 aromatic heterocycles. The van der Waals surface area contributed by atoms with Crippen LogP contribution in [-0.2, 0) is 11.3 Å². The van der Waals surface area contributed by atoms with Crippen LogP contribution in [0, 0.1) is 29.3 Å². The summed E-state index contributed by atoms with van der Waals surface area (Å²) in [6.45, 7) is 7.44. The summed E-state index contributed by atoms with van der Waals surface area (Å²) < 4.78 is 49.4. The van der Waals surface area contributed by atoms with Crippen molar-refractivity contribution in [2.24, 2.45) is 11.8 Å². The molecule has 1 amide bonds. The van der Waals surface area contributed by atoms with Gasteiger partial charge in [-0.2, -0.15) is 4.98 Å². The molecule has 2 aliphatic heterocycles. The Morgan fingerprint density at radius 2 is 1.77 bits per heavy atom. The Labute approximate surface area is 203 Å². The van der Waals surface area contributed by atoms with Crippen molar-refractivity contribution in [2.45, 2.75) is 77.0 Å². The second kappa shape index (κ2) is 9.02. The zero-order chi connectivity index (χ0) is 24.9. The molecule has 2 bridgehead atoms. The van der Waals surface area contributed by atoms with Gasteiger partial charge in [0.05, 0.1) is 0 Å². The molecular weight excluding hydrogens is 459 g/mol. The van der Waals surface area contributed by atoms with Crippen LogP contribution in [0.4, 0.5) is 23.9 Å². The van der Waals surface area contributed by atoms with Gasteiger partial charge < -0.3 is 15.0 Å². The van der Waals surface area contributed by atoms with Crippen molar-refractivity contribution in [2.75, 3.05) is 18.4 Å². The topological polar surface area (TPSA) is 72.3 Å². The van der Waals surface area contributed by atoms with Crippen molar-refractivity contribution in [3.05, 3.63) is 41.0 Å².